The minimum absolute atomic E-state index is 0.211. The van der Waals surface area contributed by atoms with Crippen LogP contribution in [0.25, 0.3) is 0 Å². The highest BCUT2D eigenvalue weighted by Crippen LogP contribution is 2.39. The van der Waals surface area contributed by atoms with E-state index < -0.39 is 17.7 Å². The number of carboxylic acid groups (broad SMARTS) is 1. The summed E-state index contributed by atoms with van der Waals surface area (Å²) in [5.74, 6) is -1.36. The Morgan fingerprint density at radius 1 is 1.54 bits per heavy atom. The Morgan fingerprint density at radius 2 is 2.08 bits per heavy atom. The van der Waals surface area contributed by atoms with Gasteiger partial charge in [0, 0.05) is 0 Å². The van der Waals surface area contributed by atoms with Crippen LogP contribution in [0.1, 0.15) is 15.2 Å². The molecule has 1 aromatic heterocycles. The zero-order valence-corrected chi connectivity index (χ0v) is 8.26. The van der Waals surface area contributed by atoms with Crippen molar-refractivity contribution >= 4 is 33.2 Å². The fourth-order valence-corrected chi connectivity index (χ4v) is 2.27. The number of carbonyl (C=O) groups is 1. The van der Waals surface area contributed by atoms with Crippen molar-refractivity contribution in [3.8, 4) is 0 Å². The largest absolute Gasteiger partial charge is 0.477 e. The van der Waals surface area contributed by atoms with Crippen LogP contribution in [0.15, 0.2) is 9.85 Å². The van der Waals surface area contributed by atoms with Crippen molar-refractivity contribution in [1.29, 1.82) is 0 Å². The zero-order valence-electron chi connectivity index (χ0n) is 5.85. The highest BCUT2D eigenvalue weighted by molar-refractivity contribution is 9.11. The Morgan fingerprint density at radius 3 is 2.31 bits per heavy atom. The maximum absolute atomic E-state index is 12.1. The molecule has 0 spiro atoms. The van der Waals surface area contributed by atoms with Crippen molar-refractivity contribution in [1.82, 2.24) is 0 Å². The summed E-state index contributed by atoms with van der Waals surface area (Å²) in [7, 11) is 0. The standard InChI is InChI=1S/C6H2BrF3O2S/c7-4-2(6(8,9)10)1-3(13-4)5(11)12/h1H,(H,11,12). The minimum Gasteiger partial charge on any atom is -0.477 e. The molecule has 0 fully saturated rings. The van der Waals surface area contributed by atoms with E-state index in [1.807, 2.05) is 0 Å². The van der Waals surface area contributed by atoms with Crippen molar-refractivity contribution in [2.75, 3.05) is 0 Å². The first-order valence-corrected chi connectivity index (χ1v) is 4.53. The van der Waals surface area contributed by atoms with Crippen molar-refractivity contribution in [3.05, 3.63) is 20.3 Å². The van der Waals surface area contributed by atoms with E-state index in [9.17, 15) is 18.0 Å². The number of aromatic carboxylic acids is 1. The van der Waals surface area contributed by atoms with E-state index in [0.29, 0.717) is 17.4 Å². The molecular formula is C6H2BrF3O2S. The normalized spacial score (nSPS) is 11.7. The Balaban J connectivity index is 3.18. The fourth-order valence-electron chi connectivity index (χ4n) is 0.667. The molecule has 0 aromatic carbocycles. The number of carboxylic acids is 1. The maximum atomic E-state index is 12.1. The molecule has 0 atom stereocenters. The van der Waals surface area contributed by atoms with E-state index >= 15 is 0 Å². The van der Waals surface area contributed by atoms with Gasteiger partial charge < -0.3 is 5.11 Å². The topological polar surface area (TPSA) is 37.3 Å². The zero-order chi connectivity index (χ0) is 10.2. The van der Waals surface area contributed by atoms with Crippen LogP contribution in [0.3, 0.4) is 0 Å². The molecule has 0 unspecified atom stereocenters. The van der Waals surface area contributed by atoms with Crippen LogP contribution >= 0.6 is 27.3 Å². The van der Waals surface area contributed by atoms with Crippen molar-refractivity contribution in [2.45, 2.75) is 6.18 Å². The number of alkyl halides is 3. The molecule has 0 saturated carbocycles. The highest BCUT2D eigenvalue weighted by atomic mass is 79.9. The molecule has 0 amide bonds. The number of rotatable bonds is 1. The lowest BCUT2D eigenvalue weighted by atomic mass is 10.3. The number of hydrogen-bond acceptors (Lipinski definition) is 2. The minimum atomic E-state index is -4.51. The summed E-state index contributed by atoms with van der Waals surface area (Å²) in [6, 6.07) is 0.608. The molecule has 2 nitrogen and oxygen atoms in total. The molecule has 0 aliphatic heterocycles. The van der Waals surface area contributed by atoms with Crippen LogP contribution < -0.4 is 0 Å². The molecule has 13 heavy (non-hydrogen) atoms. The third-order valence-electron chi connectivity index (χ3n) is 1.20. The van der Waals surface area contributed by atoms with Gasteiger partial charge in [0.2, 0.25) is 0 Å². The van der Waals surface area contributed by atoms with E-state index in [1.54, 1.807) is 0 Å². The molecule has 0 bridgehead atoms. The third-order valence-corrected chi connectivity index (χ3v) is 3.03. The van der Waals surface area contributed by atoms with Gasteiger partial charge in [0.1, 0.15) is 4.88 Å². The van der Waals surface area contributed by atoms with E-state index in [-0.39, 0.29) is 8.66 Å². The Bertz CT molecular complexity index is 344. The molecule has 1 heterocycles. The van der Waals surface area contributed by atoms with Gasteiger partial charge in [-0.2, -0.15) is 13.2 Å². The molecule has 0 radical (unpaired) electrons. The van der Waals surface area contributed by atoms with Crippen LogP contribution in [0, 0.1) is 0 Å². The number of thiophene rings is 1. The number of hydrogen-bond donors (Lipinski definition) is 1. The van der Waals surface area contributed by atoms with Crippen molar-refractivity contribution in [2.24, 2.45) is 0 Å². The SMILES string of the molecule is O=C(O)c1cc(C(F)(F)F)c(Br)s1. The molecule has 1 aromatic rings. The van der Waals surface area contributed by atoms with Crippen LogP contribution in [0.5, 0.6) is 0 Å². The quantitative estimate of drug-likeness (QED) is 0.854. The summed E-state index contributed by atoms with van der Waals surface area (Å²) in [4.78, 5) is 9.98. The molecular weight excluding hydrogens is 273 g/mol. The van der Waals surface area contributed by atoms with Gasteiger partial charge in [-0.15, -0.1) is 11.3 Å². The second kappa shape index (κ2) is 3.30. The average Bonchev–Trinajstić information content (AvgIpc) is 2.29. The third kappa shape index (κ3) is 2.22. The summed E-state index contributed by atoms with van der Waals surface area (Å²) in [5, 5.41) is 8.41. The maximum Gasteiger partial charge on any atom is 0.418 e. The van der Waals surface area contributed by atoms with E-state index in [4.69, 9.17) is 5.11 Å². The summed E-state index contributed by atoms with van der Waals surface area (Å²) < 4.78 is 36.1. The predicted molar refractivity (Wildman–Crippen MR) is 44.0 cm³/mol. The first kappa shape index (κ1) is 10.5. The fraction of sp³-hybridized carbons (Fsp3) is 0.167. The molecule has 1 rings (SSSR count). The second-order valence-corrected chi connectivity index (χ2v) is 4.47. The summed E-state index contributed by atoms with van der Waals surface area (Å²) in [6.45, 7) is 0. The van der Waals surface area contributed by atoms with Gasteiger partial charge in [0.25, 0.3) is 0 Å². The van der Waals surface area contributed by atoms with E-state index in [2.05, 4.69) is 15.9 Å². The van der Waals surface area contributed by atoms with Crippen molar-refractivity contribution < 1.29 is 23.1 Å². The van der Waals surface area contributed by atoms with E-state index in [0.717, 1.165) is 0 Å². The monoisotopic (exact) mass is 274 g/mol. The Kier molecular flexibility index (Phi) is 2.67. The predicted octanol–water partition coefficient (Wildman–Crippen LogP) is 3.23. The van der Waals surface area contributed by atoms with Gasteiger partial charge in [-0.3, -0.25) is 0 Å². The van der Waals surface area contributed by atoms with Crippen LogP contribution in [0.4, 0.5) is 13.2 Å². The molecule has 0 aliphatic rings. The summed E-state index contributed by atoms with van der Waals surface area (Å²) in [6.07, 6.45) is -4.51. The lowest BCUT2D eigenvalue weighted by molar-refractivity contribution is -0.137. The first-order valence-electron chi connectivity index (χ1n) is 2.92. The lowest BCUT2D eigenvalue weighted by Gasteiger charge is -2.02. The van der Waals surface area contributed by atoms with Gasteiger partial charge >= 0.3 is 12.1 Å². The Hall–Kier alpha value is -0.560. The summed E-state index contributed by atoms with van der Waals surface area (Å²) in [5.41, 5.74) is -0.949. The average molecular weight is 275 g/mol. The lowest BCUT2D eigenvalue weighted by Crippen LogP contribution is -2.03. The number of halogens is 4. The van der Waals surface area contributed by atoms with Gasteiger partial charge in [0.15, 0.2) is 0 Å². The van der Waals surface area contributed by atoms with Crippen LogP contribution in [-0.2, 0) is 6.18 Å². The van der Waals surface area contributed by atoms with Crippen LogP contribution in [-0.4, -0.2) is 11.1 Å². The molecule has 7 heteroatoms. The van der Waals surface area contributed by atoms with E-state index in [1.165, 1.54) is 0 Å². The second-order valence-electron chi connectivity index (χ2n) is 2.10. The molecule has 1 N–H and O–H groups in total. The van der Waals surface area contributed by atoms with Gasteiger partial charge in [-0.05, 0) is 22.0 Å². The summed E-state index contributed by atoms with van der Waals surface area (Å²) >= 11 is 3.20. The molecule has 0 saturated heterocycles. The van der Waals surface area contributed by atoms with Gasteiger partial charge in [0.05, 0.1) is 9.35 Å². The highest BCUT2D eigenvalue weighted by Gasteiger charge is 2.35. The molecule has 0 aliphatic carbocycles. The van der Waals surface area contributed by atoms with Gasteiger partial charge in [-0.25, -0.2) is 4.79 Å². The smallest absolute Gasteiger partial charge is 0.418 e. The first-order chi connectivity index (χ1) is 5.82. The molecule has 72 valence electrons. The van der Waals surface area contributed by atoms with Gasteiger partial charge in [-0.1, -0.05) is 0 Å². The Labute approximate surface area is 83.1 Å². The van der Waals surface area contributed by atoms with Crippen LogP contribution in [0.2, 0.25) is 0 Å². The van der Waals surface area contributed by atoms with Crippen molar-refractivity contribution in [3.63, 3.8) is 0 Å².